The van der Waals surface area contributed by atoms with Gasteiger partial charge in [0.05, 0.1) is 35.0 Å². The number of anilines is 2. The van der Waals surface area contributed by atoms with E-state index in [4.69, 9.17) is 21.1 Å². The van der Waals surface area contributed by atoms with Crippen molar-refractivity contribution in [3.63, 3.8) is 0 Å². The van der Waals surface area contributed by atoms with Crippen LogP contribution in [0.15, 0.2) is 48.7 Å². The Hall–Kier alpha value is -3.12. The number of nitrogens with one attached hydrogen (secondary N) is 1. The first kappa shape index (κ1) is 19.6. The van der Waals surface area contributed by atoms with Gasteiger partial charge in [-0.05, 0) is 44.2 Å². The van der Waals surface area contributed by atoms with Crippen molar-refractivity contribution >= 4 is 45.8 Å². The van der Waals surface area contributed by atoms with E-state index in [1.54, 1.807) is 50.2 Å². The van der Waals surface area contributed by atoms with Gasteiger partial charge < -0.3 is 14.8 Å². The van der Waals surface area contributed by atoms with E-state index in [-0.39, 0.29) is 12.6 Å². The number of hydrogen-bond acceptors (Lipinski definition) is 6. The monoisotopic (exact) mass is 398 g/mol. The van der Waals surface area contributed by atoms with Gasteiger partial charge in [-0.15, -0.1) is 0 Å². The predicted molar refractivity (Wildman–Crippen MR) is 108 cm³/mol. The number of fused-ring (bicyclic) bond motifs is 1. The lowest BCUT2D eigenvalue weighted by Crippen LogP contribution is -2.09. The number of para-hydroxylation sites is 1. The summed E-state index contributed by atoms with van der Waals surface area (Å²) in [6.45, 7) is 4.06. The van der Waals surface area contributed by atoms with Crippen molar-refractivity contribution in [1.29, 1.82) is 0 Å². The Balaban J connectivity index is 2.03. The number of carbonyl (C=O) groups excluding carboxylic acids is 2. The van der Waals surface area contributed by atoms with Gasteiger partial charge in [-0.1, -0.05) is 23.7 Å². The minimum Gasteiger partial charge on any atom is -0.462 e. The molecule has 144 valence electrons. The maximum Gasteiger partial charge on any atom is 0.341 e. The molecule has 0 bridgehead atoms. The van der Waals surface area contributed by atoms with Crippen molar-refractivity contribution in [3.05, 3.63) is 64.8 Å². The fourth-order valence-corrected chi connectivity index (χ4v) is 2.96. The smallest absolute Gasteiger partial charge is 0.341 e. The van der Waals surface area contributed by atoms with E-state index in [9.17, 15) is 9.59 Å². The molecule has 1 heterocycles. The van der Waals surface area contributed by atoms with E-state index >= 15 is 0 Å². The van der Waals surface area contributed by atoms with Gasteiger partial charge in [0, 0.05) is 17.3 Å². The second kappa shape index (κ2) is 8.71. The highest BCUT2D eigenvalue weighted by atomic mass is 35.5. The van der Waals surface area contributed by atoms with Gasteiger partial charge in [-0.3, -0.25) is 4.98 Å². The first-order valence-corrected chi connectivity index (χ1v) is 9.21. The van der Waals surface area contributed by atoms with Crippen molar-refractivity contribution in [2.45, 2.75) is 13.8 Å². The third-order valence-corrected chi connectivity index (χ3v) is 4.31. The van der Waals surface area contributed by atoms with E-state index in [2.05, 4.69) is 10.3 Å². The molecule has 3 rings (SSSR count). The first-order chi connectivity index (χ1) is 13.5. The highest BCUT2D eigenvalue weighted by Gasteiger charge is 2.18. The van der Waals surface area contributed by atoms with Crippen molar-refractivity contribution < 1.29 is 19.1 Å². The highest BCUT2D eigenvalue weighted by Crippen LogP contribution is 2.32. The van der Waals surface area contributed by atoms with Gasteiger partial charge in [0.1, 0.15) is 5.56 Å². The van der Waals surface area contributed by atoms with Crippen molar-refractivity contribution in [3.8, 4) is 0 Å². The molecule has 0 saturated heterocycles. The van der Waals surface area contributed by atoms with Crippen molar-refractivity contribution in [2.75, 3.05) is 18.5 Å². The molecule has 0 aliphatic carbocycles. The largest absolute Gasteiger partial charge is 0.462 e. The zero-order valence-corrected chi connectivity index (χ0v) is 16.2. The molecule has 0 unspecified atom stereocenters. The third-order valence-electron chi connectivity index (χ3n) is 4.01. The van der Waals surface area contributed by atoms with Gasteiger partial charge in [-0.2, -0.15) is 0 Å². The summed E-state index contributed by atoms with van der Waals surface area (Å²) < 4.78 is 10.1. The molecule has 1 aromatic heterocycles. The number of nitrogens with zero attached hydrogens (tertiary/aromatic N) is 1. The number of rotatable bonds is 6. The first-order valence-electron chi connectivity index (χ1n) is 8.83. The van der Waals surface area contributed by atoms with Crippen LogP contribution in [0.1, 0.15) is 34.6 Å². The summed E-state index contributed by atoms with van der Waals surface area (Å²) in [6, 6.07) is 12.1. The van der Waals surface area contributed by atoms with E-state index in [0.717, 1.165) is 0 Å². The summed E-state index contributed by atoms with van der Waals surface area (Å²) >= 11 is 6.25. The van der Waals surface area contributed by atoms with Crippen LogP contribution < -0.4 is 5.32 Å². The van der Waals surface area contributed by atoms with Gasteiger partial charge in [0.15, 0.2) is 0 Å². The molecule has 0 aliphatic heterocycles. The molecule has 0 radical (unpaired) electrons. The number of carbonyl (C=O) groups is 2. The lowest BCUT2D eigenvalue weighted by atomic mass is 10.1. The van der Waals surface area contributed by atoms with Crippen LogP contribution in [0, 0.1) is 0 Å². The Morgan fingerprint density at radius 2 is 1.68 bits per heavy atom. The zero-order chi connectivity index (χ0) is 20.1. The van der Waals surface area contributed by atoms with Crippen LogP contribution in [-0.2, 0) is 9.47 Å². The van der Waals surface area contributed by atoms with E-state index in [1.165, 1.54) is 6.20 Å². The molecule has 6 nitrogen and oxygen atoms in total. The van der Waals surface area contributed by atoms with Crippen LogP contribution in [0.25, 0.3) is 10.9 Å². The number of pyridine rings is 1. The average molecular weight is 399 g/mol. The summed E-state index contributed by atoms with van der Waals surface area (Å²) in [6.07, 6.45) is 1.45. The Kier molecular flexibility index (Phi) is 6.11. The van der Waals surface area contributed by atoms with Crippen LogP contribution in [0.5, 0.6) is 0 Å². The van der Waals surface area contributed by atoms with Crippen LogP contribution in [0.3, 0.4) is 0 Å². The molecule has 0 amide bonds. The summed E-state index contributed by atoms with van der Waals surface area (Å²) in [5.74, 6) is -0.870. The molecule has 2 aromatic carbocycles. The quantitative estimate of drug-likeness (QED) is 0.589. The van der Waals surface area contributed by atoms with E-state index < -0.39 is 5.97 Å². The van der Waals surface area contributed by atoms with Crippen LogP contribution in [0.2, 0.25) is 5.02 Å². The Morgan fingerprint density at radius 3 is 2.36 bits per heavy atom. The number of hydrogen-bond donors (Lipinski definition) is 1. The second-order valence-electron chi connectivity index (χ2n) is 5.83. The van der Waals surface area contributed by atoms with E-state index in [0.29, 0.717) is 45.0 Å². The molecular formula is C21H19ClN2O4. The standard InChI is InChI=1S/C21H19ClN2O4/c1-3-27-20(25)13-8-10-14(11-9-13)24-18-15-6-5-7-17(22)19(15)23-12-16(18)21(26)28-4-2/h5-12H,3-4H2,1-2H3,(H,23,24). The number of halogens is 1. The van der Waals surface area contributed by atoms with Gasteiger partial charge in [0.2, 0.25) is 0 Å². The molecular weight excluding hydrogens is 380 g/mol. The molecule has 3 aromatic rings. The SMILES string of the molecule is CCOC(=O)c1ccc(Nc2c(C(=O)OCC)cnc3c(Cl)cccc23)cc1. The lowest BCUT2D eigenvalue weighted by Gasteiger charge is -2.15. The van der Waals surface area contributed by atoms with Gasteiger partial charge >= 0.3 is 11.9 Å². The Morgan fingerprint density at radius 1 is 1.00 bits per heavy atom. The molecule has 0 spiro atoms. The molecule has 1 N–H and O–H groups in total. The maximum absolute atomic E-state index is 12.4. The third kappa shape index (κ3) is 4.07. The summed E-state index contributed by atoms with van der Waals surface area (Å²) in [5, 5.41) is 4.40. The number of benzene rings is 2. The van der Waals surface area contributed by atoms with Crippen LogP contribution in [-0.4, -0.2) is 30.1 Å². The molecule has 7 heteroatoms. The number of ether oxygens (including phenoxy) is 2. The fourth-order valence-electron chi connectivity index (χ4n) is 2.73. The minimum atomic E-state index is -0.484. The van der Waals surface area contributed by atoms with Crippen LogP contribution in [0.4, 0.5) is 11.4 Å². The van der Waals surface area contributed by atoms with Gasteiger partial charge in [-0.25, -0.2) is 9.59 Å². The summed E-state index contributed by atoms with van der Waals surface area (Å²) in [4.78, 5) is 28.5. The number of esters is 2. The highest BCUT2D eigenvalue weighted by molar-refractivity contribution is 6.35. The molecule has 0 saturated carbocycles. The fraction of sp³-hybridized carbons (Fsp3) is 0.190. The molecule has 0 atom stereocenters. The maximum atomic E-state index is 12.4. The molecule has 0 fully saturated rings. The Bertz CT molecular complexity index is 1020. The van der Waals surface area contributed by atoms with Crippen LogP contribution >= 0.6 is 11.6 Å². The number of aromatic nitrogens is 1. The van der Waals surface area contributed by atoms with Crippen molar-refractivity contribution in [1.82, 2.24) is 4.98 Å². The van der Waals surface area contributed by atoms with Crippen molar-refractivity contribution in [2.24, 2.45) is 0 Å². The second-order valence-corrected chi connectivity index (χ2v) is 6.23. The average Bonchev–Trinajstić information content (AvgIpc) is 2.69. The Labute approximate surface area is 167 Å². The molecule has 0 aliphatic rings. The summed E-state index contributed by atoms with van der Waals surface area (Å²) in [7, 11) is 0. The predicted octanol–water partition coefficient (Wildman–Crippen LogP) is 4.99. The topological polar surface area (TPSA) is 77.5 Å². The normalized spacial score (nSPS) is 10.5. The minimum absolute atomic E-state index is 0.250. The van der Waals surface area contributed by atoms with Gasteiger partial charge in [0.25, 0.3) is 0 Å². The van der Waals surface area contributed by atoms with E-state index in [1.807, 2.05) is 6.07 Å². The lowest BCUT2D eigenvalue weighted by molar-refractivity contribution is 0.0517. The summed E-state index contributed by atoms with van der Waals surface area (Å²) in [5.41, 5.74) is 2.54. The zero-order valence-electron chi connectivity index (χ0n) is 15.5. The molecule has 28 heavy (non-hydrogen) atoms.